The van der Waals surface area contributed by atoms with E-state index < -0.39 is 0 Å². The smallest absolute Gasteiger partial charge is 0.113 e. The summed E-state index contributed by atoms with van der Waals surface area (Å²) < 4.78 is 5.46. The van der Waals surface area contributed by atoms with Crippen LogP contribution < -0.4 is 5.73 Å². The predicted molar refractivity (Wildman–Crippen MR) is 59.3 cm³/mol. The predicted octanol–water partition coefficient (Wildman–Crippen LogP) is 2.00. The van der Waals surface area contributed by atoms with Crippen LogP contribution in [0.15, 0.2) is 24.0 Å². The molecule has 3 nitrogen and oxygen atoms in total. The first-order chi connectivity index (χ1) is 7.18. The van der Waals surface area contributed by atoms with Crippen molar-refractivity contribution < 1.29 is 4.74 Å². The van der Waals surface area contributed by atoms with Gasteiger partial charge in [0.05, 0.1) is 12.6 Å². The van der Waals surface area contributed by atoms with E-state index >= 15 is 0 Å². The number of aromatic nitrogens is 1. The SMILES string of the molecule is Cc1ccc(C(N)C2=CCCO2)c(C)n1. The zero-order valence-corrected chi connectivity index (χ0v) is 9.16. The standard InChI is InChI=1S/C12H16N2O/c1-8-5-6-10(9(2)14-8)12(13)11-4-3-7-15-11/h4-6,12H,3,7,13H2,1-2H3. The molecule has 0 spiro atoms. The quantitative estimate of drug-likeness (QED) is 0.801. The van der Waals surface area contributed by atoms with Crippen LogP contribution in [-0.4, -0.2) is 11.6 Å². The van der Waals surface area contributed by atoms with E-state index in [-0.39, 0.29) is 6.04 Å². The topological polar surface area (TPSA) is 48.1 Å². The maximum atomic E-state index is 6.12. The number of hydrogen-bond donors (Lipinski definition) is 1. The summed E-state index contributed by atoms with van der Waals surface area (Å²) in [6, 6.07) is 3.85. The molecule has 1 aliphatic heterocycles. The van der Waals surface area contributed by atoms with Gasteiger partial charge in [0.25, 0.3) is 0 Å². The van der Waals surface area contributed by atoms with Gasteiger partial charge >= 0.3 is 0 Å². The molecule has 0 amide bonds. The summed E-state index contributed by atoms with van der Waals surface area (Å²) in [6.45, 7) is 4.71. The second-order valence-electron chi connectivity index (χ2n) is 3.85. The van der Waals surface area contributed by atoms with Gasteiger partial charge in [0.15, 0.2) is 0 Å². The van der Waals surface area contributed by atoms with E-state index in [4.69, 9.17) is 10.5 Å². The van der Waals surface area contributed by atoms with Crippen LogP contribution in [0.25, 0.3) is 0 Å². The van der Waals surface area contributed by atoms with E-state index in [2.05, 4.69) is 11.1 Å². The van der Waals surface area contributed by atoms with Crippen molar-refractivity contribution in [3.05, 3.63) is 40.9 Å². The molecule has 0 fully saturated rings. The monoisotopic (exact) mass is 204 g/mol. The van der Waals surface area contributed by atoms with Crippen LogP contribution in [0, 0.1) is 13.8 Å². The Balaban J connectivity index is 2.28. The molecule has 2 heterocycles. The minimum Gasteiger partial charge on any atom is -0.496 e. The summed E-state index contributed by atoms with van der Waals surface area (Å²) in [5.41, 5.74) is 9.17. The maximum absolute atomic E-state index is 6.12. The average molecular weight is 204 g/mol. The Morgan fingerprint density at radius 2 is 2.20 bits per heavy atom. The highest BCUT2D eigenvalue weighted by Crippen LogP contribution is 2.25. The molecule has 0 aromatic carbocycles. The molecule has 15 heavy (non-hydrogen) atoms. The molecule has 80 valence electrons. The minimum absolute atomic E-state index is 0.166. The van der Waals surface area contributed by atoms with Crippen molar-refractivity contribution in [2.75, 3.05) is 6.61 Å². The molecule has 1 atom stereocenters. The highest BCUT2D eigenvalue weighted by atomic mass is 16.5. The highest BCUT2D eigenvalue weighted by molar-refractivity contribution is 5.30. The molecule has 1 aromatic rings. The summed E-state index contributed by atoms with van der Waals surface area (Å²) in [7, 11) is 0. The lowest BCUT2D eigenvalue weighted by Crippen LogP contribution is -2.15. The van der Waals surface area contributed by atoms with Crippen LogP contribution in [0.5, 0.6) is 0 Å². The van der Waals surface area contributed by atoms with Gasteiger partial charge in [-0.25, -0.2) is 0 Å². The Bertz CT molecular complexity index is 399. The molecule has 1 aromatic heterocycles. The Labute approximate surface area is 90.0 Å². The fourth-order valence-corrected chi connectivity index (χ4v) is 1.83. The second kappa shape index (κ2) is 4.03. The third-order valence-electron chi connectivity index (χ3n) is 2.64. The molecular weight excluding hydrogens is 188 g/mol. The molecule has 0 bridgehead atoms. The molecule has 1 aliphatic rings. The third-order valence-corrected chi connectivity index (χ3v) is 2.64. The lowest BCUT2D eigenvalue weighted by atomic mass is 10.0. The van der Waals surface area contributed by atoms with Gasteiger partial charge in [-0.1, -0.05) is 6.07 Å². The van der Waals surface area contributed by atoms with Crippen molar-refractivity contribution >= 4 is 0 Å². The third kappa shape index (κ3) is 2.02. The molecule has 1 unspecified atom stereocenters. The molecular formula is C12H16N2O. The number of aryl methyl sites for hydroxylation is 2. The summed E-state index contributed by atoms with van der Waals surface area (Å²) in [5.74, 6) is 0.878. The Morgan fingerprint density at radius 3 is 2.80 bits per heavy atom. The van der Waals surface area contributed by atoms with Crippen molar-refractivity contribution in [3.63, 3.8) is 0 Å². The van der Waals surface area contributed by atoms with Crippen LogP contribution in [0.4, 0.5) is 0 Å². The van der Waals surface area contributed by atoms with E-state index in [1.165, 1.54) is 0 Å². The molecule has 0 radical (unpaired) electrons. The van der Waals surface area contributed by atoms with Crippen molar-refractivity contribution in [3.8, 4) is 0 Å². The number of nitrogens with two attached hydrogens (primary N) is 1. The molecule has 2 rings (SSSR count). The summed E-state index contributed by atoms with van der Waals surface area (Å²) in [6.07, 6.45) is 3.02. The first-order valence-electron chi connectivity index (χ1n) is 5.21. The van der Waals surface area contributed by atoms with Crippen LogP contribution in [0.1, 0.15) is 29.4 Å². The highest BCUT2D eigenvalue weighted by Gasteiger charge is 2.18. The van der Waals surface area contributed by atoms with Gasteiger partial charge in [0.1, 0.15) is 5.76 Å². The Kier molecular flexibility index (Phi) is 2.73. The molecule has 0 saturated heterocycles. The number of hydrogen-bond acceptors (Lipinski definition) is 3. The largest absolute Gasteiger partial charge is 0.496 e. The number of pyridine rings is 1. The van der Waals surface area contributed by atoms with Gasteiger partial charge in [0.2, 0.25) is 0 Å². The van der Waals surface area contributed by atoms with E-state index in [1.807, 2.05) is 26.0 Å². The average Bonchev–Trinajstić information content (AvgIpc) is 2.69. The first kappa shape index (κ1) is 10.2. The van der Waals surface area contributed by atoms with Crippen LogP contribution in [-0.2, 0) is 4.74 Å². The van der Waals surface area contributed by atoms with Crippen molar-refractivity contribution in [1.29, 1.82) is 0 Å². The molecule has 0 saturated carbocycles. The Hall–Kier alpha value is -1.35. The van der Waals surface area contributed by atoms with Crippen LogP contribution >= 0.6 is 0 Å². The second-order valence-corrected chi connectivity index (χ2v) is 3.85. The van der Waals surface area contributed by atoms with Crippen molar-refractivity contribution in [2.24, 2.45) is 5.73 Å². The fraction of sp³-hybridized carbons (Fsp3) is 0.417. The van der Waals surface area contributed by atoms with Crippen LogP contribution in [0.2, 0.25) is 0 Å². The normalized spacial score (nSPS) is 17.1. The zero-order valence-electron chi connectivity index (χ0n) is 9.16. The van der Waals surface area contributed by atoms with E-state index in [9.17, 15) is 0 Å². The lowest BCUT2D eigenvalue weighted by molar-refractivity contribution is 0.225. The first-order valence-corrected chi connectivity index (χ1v) is 5.21. The summed E-state index contributed by atoms with van der Waals surface area (Å²) in [4.78, 5) is 4.40. The van der Waals surface area contributed by atoms with Crippen molar-refractivity contribution in [2.45, 2.75) is 26.3 Å². The maximum Gasteiger partial charge on any atom is 0.113 e. The van der Waals surface area contributed by atoms with Crippen molar-refractivity contribution in [1.82, 2.24) is 4.98 Å². The van der Waals surface area contributed by atoms with E-state index in [0.29, 0.717) is 0 Å². The molecule has 3 heteroatoms. The van der Waals surface area contributed by atoms with Gasteiger partial charge in [-0.3, -0.25) is 4.98 Å². The van der Waals surface area contributed by atoms with Crippen LogP contribution in [0.3, 0.4) is 0 Å². The van der Waals surface area contributed by atoms with Gasteiger partial charge in [-0.15, -0.1) is 0 Å². The van der Waals surface area contributed by atoms with E-state index in [1.54, 1.807) is 0 Å². The van der Waals surface area contributed by atoms with E-state index in [0.717, 1.165) is 35.7 Å². The number of rotatable bonds is 2. The zero-order chi connectivity index (χ0) is 10.8. The molecule has 2 N–H and O–H groups in total. The van der Waals surface area contributed by atoms with Gasteiger partial charge in [-0.2, -0.15) is 0 Å². The number of ether oxygens (including phenoxy) is 1. The summed E-state index contributed by atoms with van der Waals surface area (Å²) in [5, 5.41) is 0. The molecule has 0 aliphatic carbocycles. The van der Waals surface area contributed by atoms with Gasteiger partial charge < -0.3 is 10.5 Å². The summed E-state index contributed by atoms with van der Waals surface area (Å²) >= 11 is 0. The minimum atomic E-state index is -0.166. The van der Waals surface area contributed by atoms with Gasteiger partial charge in [-0.05, 0) is 31.6 Å². The number of nitrogens with zero attached hydrogens (tertiary/aromatic N) is 1. The Morgan fingerprint density at radius 1 is 1.40 bits per heavy atom. The van der Waals surface area contributed by atoms with Gasteiger partial charge in [0, 0.05) is 17.8 Å². The fourth-order valence-electron chi connectivity index (χ4n) is 1.83. The lowest BCUT2D eigenvalue weighted by Gasteiger charge is -2.15.